The molecular formula is C17H25NO. The molecule has 1 unspecified atom stereocenters. The van der Waals surface area contributed by atoms with Crippen LogP contribution < -0.4 is 0 Å². The third-order valence-electron chi connectivity index (χ3n) is 5.14. The summed E-state index contributed by atoms with van der Waals surface area (Å²) in [6.45, 7) is 5.74. The molecule has 0 bridgehead atoms. The van der Waals surface area contributed by atoms with Gasteiger partial charge in [0.25, 0.3) is 0 Å². The Morgan fingerprint density at radius 3 is 2.68 bits per heavy atom. The number of hydrogen-bond acceptors (Lipinski definition) is 2. The number of aliphatic hydroxyl groups is 1. The molecule has 1 saturated heterocycles. The summed E-state index contributed by atoms with van der Waals surface area (Å²) < 4.78 is 0. The van der Waals surface area contributed by atoms with Gasteiger partial charge >= 0.3 is 0 Å². The van der Waals surface area contributed by atoms with Crippen LogP contribution in [0.3, 0.4) is 0 Å². The minimum Gasteiger partial charge on any atom is -0.393 e. The van der Waals surface area contributed by atoms with E-state index >= 15 is 0 Å². The Morgan fingerprint density at radius 1 is 1.21 bits per heavy atom. The maximum absolute atomic E-state index is 10.00. The van der Waals surface area contributed by atoms with E-state index < -0.39 is 0 Å². The molecule has 1 aromatic carbocycles. The van der Waals surface area contributed by atoms with E-state index in [1.54, 1.807) is 0 Å². The molecule has 2 aliphatic rings. The minimum atomic E-state index is -0.0354. The first kappa shape index (κ1) is 13.1. The van der Waals surface area contributed by atoms with Gasteiger partial charge in [0.1, 0.15) is 0 Å². The molecule has 1 heterocycles. The lowest BCUT2D eigenvalue weighted by atomic mass is 9.96. The number of rotatable bonds is 4. The molecular weight excluding hydrogens is 234 g/mol. The van der Waals surface area contributed by atoms with Crippen LogP contribution in [0.1, 0.15) is 37.7 Å². The minimum absolute atomic E-state index is 0.0354. The number of fused-ring (bicyclic) bond motifs is 1. The Kier molecular flexibility index (Phi) is 3.90. The Balaban J connectivity index is 1.62. The average Bonchev–Trinajstić information content (AvgIpc) is 2.99. The summed E-state index contributed by atoms with van der Waals surface area (Å²) in [5, 5.41) is 10.00. The Hall–Kier alpha value is -0.860. The third kappa shape index (κ3) is 2.70. The van der Waals surface area contributed by atoms with Crippen molar-refractivity contribution in [2.24, 2.45) is 11.8 Å². The van der Waals surface area contributed by atoms with E-state index in [1.165, 1.54) is 24.9 Å². The summed E-state index contributed by atoms with van der Waals surface area (Å²) in [6.07, 6.45) is 3.41. The van der Waals surface area contributed by atoms with Gasteiger partial charge in [0.15, 0.2) is 0 Å². The van der Waals surface area contributed by atoms with Gasteiger partial charge in [-0.2, -0.15) is 0 Å². The largest absolute Gasteiger partial charge is 0.393 e. The third-order valence-corrected chi connectivity index (χ3v) is 5.14. The molecule has 1 saturated carbocycles. The summed E-state index contributed by atoms with van der Waals surface area (Å²) in [4.78, 5) is 2.58. The van der Waals surface area contributed by atoms with Gasteiger partial charge in [-0.15, -0.1) is 0 Å². The van der Waals surface area contributed by atoms with Crippen LogP contribution >= 0.6 is 0 Å². The zero-order valence-electron chi connectivity index (χ0n) is 11.8. The van der Waals surface area contributed by atoms with Crippen LogP contribution in [0.15, 0.2) is 30.3 Å². The molecule has 4 atom stereocenters. The van der Waals surface area contributed by atoms with Crippen LogP contribution in [-0.2, 0) is 0 Å². The molecule has 19 heavy (non-hydrogen) atoms. The van der Waals surface area contributed by atoms with Crippen molar-refractivity contribution in [2.75, 3.05) is 19.6 Å². The molecule has 1 aliphatic heterocycles. The van der Waals surface area contributed by atoms with Crippen LogP contribution in [0, 0.1) is 11.8 Å². The van der Waals surface area contributed by atoms with Crippen molar-refractivity contribution in [2.45, 2.75) is 38.2 Å². The lowest BCUT2D eigenvalue weighted by Crippen LogP contribution is -2.29. The molecule has 104 valence electrons. The number of likely N-dealkylation sites (tertiary alicyclic amines) is 1. The predicted octanol–water partition coefficient (Wildman–Crippen LogP) is 2.88. The van der Waals surface area contributed by atoms with Crippen LogP contribution in [0.4, 0.5) is 0 Å². The van der Waals surface area contributed by atoms with Crippen molar-refractivity contribution in [3.63, 3.8) is 0 Å². The average molecular weight is 259 g/mol. The van der Waals surface area contributed by atoms with Gasteiger partial charge in [-0.1, -0.05) is 37.3 Å². The number of benzene rings is 1. The van der Waals surface area contributed by atoms with Crippen LogP contribution in [0.2, 0.25) is 0 Å². The van der Waals surface area contributed by atoms with Crippen molar-refractivity contribution in [1.82, 2.24) is 4.90 Å². The zero-order chi connectivity index (χ0) is 13.2. The molecule has 2 heteroatoms. The Morgan fingerprint density at radius 2 is 2.00 bits per heavy atom. The summed E-state index contributed by atoms with van der Waals surface area (Å²) in [7, 11) is 0. The highest BCUT2D eigenvalue weighted by Gasteiger charge is 2.41. The van der Waals surface area contributed by atoms with E-state index in [0.29, 0.717) is 11.8 Å². The van der Waals surface area contributed by atoms with E-state index in [1.807, 2.05) is 0 Å². The second kappa shape index (κ2) is 5.64. The fourth-order valence-corrected chi connectivity index (χ4v) is 3.99. The van der Waals surface area contributed by atoms with E-state index in [9.17, 15) is 5.11 Å². The lowest BCUT2D eigenvalue weighted by molar-refractivity contribution is 0.123. The van der Waals surface area contributed by atoms with Crippen molar-refractivity contribution in [3.8, 4) is 0 Å². The van der Waals surface area contributed by atoms with Crippen molar-refractivity contribution in [1.29, 1.82) is 0 Å². The monoisotopic (exact) mass is 259 g/mol. The standard InChI is InChI=1S/C17H25NO/c1-2-13(14-6-4-3-5-7-14)10-18-11-15-8-9-17(19)16(15)12-18/h3-7,13,15-17,19H,2,8-12H2,1H3/t13?,15-,16+,17-/m0/s1. The fourth-order valence-electron chi connectivity index (χ4n) is 3.99. The first-order chi connectivity index (χ1) is 9.28. The highest BCUT2D eigenvalue weighted by atomic mass is 16.3. The quantitative estimate of drug-likeness (QED) is 0.898. The van der Waals surface area contributed by atoms with Crippen LogP contribution in [0.25, 0.3) is 0 Å². The summed E-state index contributed by atoms with van der Waals surface area (Å²) in [5.41, 5.74) is 1.46. The van der Waals surface area contributed by atoms with Gasteiger partial charge in [-0.25, -0.2) is 0 Å². The molecule has 1 aliphatic carbocycles. The molecule has 2 fully saturated rings. The molecule has 0 radical (unpaired) electrons. The summed E-state index contributed by atoms with van der Waals surface area (Å²) in [6, 6.07) is 10.9. The molecule has 1 aromatic rings. The van der Waals surface area contributed by atoms with Gasteiger partial charge in [0.05, 0.1) is 6.10 Å². The molecule has 0 aromatic heterocycles. The lowest BCUT2D eigenvalue weighted by Gasteiger charge is -2.24. The van der Waals surface area contributed by atoms with E-state index in [0.717, 1.165) is 25.4 Å². The topological polar surface area (TPSA) is 23.5 Å². The molecule has 3 rings (SSSR count). The van der Waals surface area contributed by atoms with E-state index in [2.05, 4.69) is 42.2 Å². The normalized spacial score (nSPS) is 32.4. The Bertz CT molecular complexity index is 405. The highest BCUT2D eigenvalue weighted by molar-refractivity contribution is 5.19. The maximum atomic E-state index is 10.00. The summed E-state index contributed by atoms with van der Waals surface area (Å²) in [5.74, 6) is 1.94. The van der Waals surface area contributed by atoms with Crippen molar-refractivity contribution in [3.05, 3.63) is 35.9 Å². The molecule has 2 nitrogen and oxygen atoms in total. The number of aliphatic hydroxyl groups excluding tert-OH is 1. The van der Waals surface area contributed by atoms with Gasteiger partial charge in [0.2, 0.25) is 0 Å². The van der Waals surface area contributed by atoms with Crippen molar-refractivity contribution < 1.29 is 5.11 Å². The van der Waals surface area contributed by atoms with Crippen molar-refractivity contribution >= 4 is 0 Å². The number of hydrogen-bond donors (Lipinski definition) is 1. The highest BCUT2D eigenvalue weighted by Crippen LogP contribution is 2.38. The second-order valence-electron chi connectivity index (χ2n) is 6.30. The first-order valence-corrected chi connectivity index (χ1v) is 7.73. The second-order valence-corrected chi connectivity index (χ2v) is 6.30. The van der Waals surface area contributed by atoms with Gasteiger partial charge < -0.3 is 10.0 Å². The van der Waals surface area contributed by atoms with Gasteiger partial charge in [-0.3, -0.25) is 0 Å². The van der Waals surface area contributed by atoms with E-state index in [4.69, 9.17) is 0 Å². The predicted molar refractivity (Wildman–Crippen MR) is 78.1 cm³/mol. The summed E-state index contributed by atoms with van der Waals surface area (Å²) >= 11 is 0. The van der Waals surface area contributed by atoms with Crippen LogP contribution in [-0.4, -0.2) is 35.7 Å². The van der Waals surface area contributed by atoms with E-state index in [-0.39, 0.29) is 6.10 Å². The molecule has 0 amide bonds. The molecule has 1 N–H and O–H groups in total. The first-order valence-electron chi connectivity index (χ1n) is 7.73. The molecule has 0 spiro atoms. The smallest absolute Gasteiger partial charge is 0.0583 e. The van der Waals surface area contributed by atoms with Gasteiger partial charge in [-0.05, 0) is 36.7 Å². The van der Waals surface area contributed by atoms with Crippen LogP contribution in [0.5, 0.6) is 0 Å². The fraction of sp³-hybridized carbons (Fsp3) is 0.647. The number of nitrogens with zero attached hydrogens (tertiary/aromatic N) is 1. The Labute approximate surface area is 116 Å². The zero-order valence-corrected chi connectivity index (χ0v) is 11.8. The van der Waals surface area contributed by atoms with Gasteiger partial charge in [0, 0.05) is 25.6 Å². The SMILES string of the molecule is CCC(CN1C[C@@H]2CC[C@H](O)[C@@H]2C1)c1ccccc1. The maximum Gasteiger partial charge on any atom is 0.0583 e.